The van der Waals surface area contributed by atoms with E-state index < -0.39 is 5.54 Å². The second-order valence-electron chi connectivity index (χ2n) is 5.00. The number of amides is 2. The molecule has 3 aliphatic rings. The highest BCUT2D eigenvalue weighted by Gasteiger charge is 2.51. The summed E-state index contributed by atoms with van der Waals surface area (Å²) in [4.78, 5) is 25.7. The van der Waals surface area contributed by atoms with Crippen LogP contribution < -0.4 is 5.32 Å². The molecule has 0 atom stereocenters. The molecule has 0 radical (unpaired) electrons. The molecule has 2 aliphatic carbocycles. The van der Waals surface area contributed by atoms with Crippen molar-refractivity contribution >= 4 is 11.8 Å². The first kappa shape index (κ1) is 9.19. The van der Waals surface area contributed by atoms with E-state index in [1.165, 1.54) is 0 Å². The van der Waals surface area contributed by atoms with Crippen LogP contribution in [0.25, 0.3) is 0 Å². The van der Waals surface area contributed by atoms with Crippen LogP contribution in [0.4, 0.5) is 0 Å². The summed E-state index contributed by atoms with van der Waals surface area (Å²) in [6, 6.07) is 0.362. The van der Waals surface area contributed by atoms with Crippen molar-refractivity contribution in [3.05, 3.63) is 0 Å². The van der Waals surface area contributed by atoms with Gasteiger partial charge in [0.15, 0.2) is 0 Å². The molecule has 0 aromatic heterocycles. The van der Waals surface area contributed by atoms with E-state index in [0.717, 1.165) is 38.5 Å². The molecule has 1 saturated heterocycles. The minimum atomic E-state index is -0.516. The summed E-state index contributed by atoms with van der Waals surface area (Å²) in [6.07, 6.45) is 5.95. The van der Waals surface area contributed by atoms with Crippen molar-refractivity contribution in [3.8, 4) is 0 Å². The van der Waals surface area contributed by atoms with Gasteiger partial charge in [0.05, 0.1) is 6.54 Å². The zero-order chi connectivity index (χ0) is 10.5. The van der Waals surface area contributed by atoms with E-state index in [2.05, 4.69) is 5.32 Å². The number of rotatable bonds is 1. The van der Waals surface area contributed by atoms with Gasteiger partial charge >= 0.3 is 0 Å². The van der Waals surface area contributed by atoms with Crippen molar-refractivity contribution in [2.24, 2.45) is 0 Å². The van der Waals surface area contributed by atoms with Crippen LogP contribution in [0, 0.1) is 0 Å². The summed E-state index contributed by atoms with van der Waals surface area (Å²) >= 11 is 0. The minimum absolute atomic E-state index is 0.0309. The van der Waals surface area contributed by atoms with Gasteiger partial charge in [-0.3, -0.25) is 9.59 Å². The fraction of sp³-hybridized carbons (Fsp3) is 0.818. The topological polar surface area (TPSA) is 49.4 Å². The van der Waals surface area contributed by atoms with E-state index in [-0.39, 0.29) is 18.4 Å². The lowest BCUT2D eigenvalue weighted by atomic mass is 9.93. The van der Waals surface area contributed by atoms with Crippen molar-refractivity contribution in [1.82, 2.24) is 10.2 Å². The fourth-order valence-electron chi connectivity index (χ4n) is 2.86. The second-order valence-corrected chi connectivity index (χ2v) is 5.00. The normalized spacial score (nSPS) is 29.7. The molecule has 0 unspecified atom stereocenters. The van der Waals surface area contributed by atoms with E-state index in [1.54, 1.807) is 0 Å². The molecule has 15 heavy (non-hydrogen) atoms. The summed E-state index contributed by atoms with van der Waals surface area (Å²) < 4.78 is 0. The van der Waals surface area contributed by atoms with E-state index in [9.17, 15) is 9.59 Å². The highest BCUT2D eigenvalue weighted by molar-refractivity contribution is 5.98. The molecule has 1 spiro atoms. The number of piperazine rings is 1. The Kier molecular flexibility index (Phi) is 1.82. The first-order valence-electron chi connectivity index (χ1n) is 5.83. The maximum atomic E-state index is 12.3. The Morgan fingerprint density at radius 2 is 1.87 bits per heavy atom. The van der Waals surface area contributed by atoms with Crippen LogP contribution in [0.2, 0.25) is 0 Å². The van der Waals surface area contributed by atoms with Gasteiger partial charge in [0.25, 0.3) is 0 Å². The van der Waals surface area contributed by atoms with Crippen molar-refractivity contribution in [2.75, 3.05) is 6.54 Å². The van der Waals surface area contributed by atoms with Crippen LogP contribution in [0.15, 0.2) is 0 Å². The molecule has 2 saturated carbocycles. The van der Waals surface area contributed by atoms with Gasteiger partial charge in [-0.15, -0.1) is 0 Å². The number of carbonyl (C=O) groups excluding carboxylic acids is 2. The molecule has 0 bridgehead atoms. The largest absolute Gasteiger partial charge is 0.340 e. The van der Waals surface area contributed by atoms with E-state index in [4.69, 9.17) is 0 Å². The van der Waals surface area contributed by atoms with Gasteiger partial charge in [0.2, 0.25) is 11.8 Å². The van der Waals surface area contributed by atoms with Gasteiger partial charge in [-0.05, 0) is 25.7 Å². The predicted molar refractivity (Wildman–Crippen MR) is 54.1 cm³/mol. The number of carbonyl (C=O) groups is 2. The highest BCUT2D eigenvalue weighted by atomic mass is 16.2. The molecule has 3 fully saturated rings. The molecule has 4 nitrogen and oxygen atoms in total. The van der Waals surface area contributed by atoms with Crippen LogP contribution in [-0.2, 0) is 9.59 Å². The summed E-state index contributed by atoms with van der Waals surface area (Å²) in [5.74, 6) is 0.213. The zero-order valence-corrected chi connectivity index (χ0v) is 8.79. The second kappa shape index (κ2) is 2.97. The van der Waals surface area contributed by atoms with Crippen LogP contribution in [0.3, 0.4) is 0 Å². The maximum Gasteiger partial charge on any atom is 0.249 e. The molecule has 0 aromatic rings. The SMILES string of the molecule is O=C1CN(C2CC2)C(=O)C2(CCCC2)N1. The third-order valence-corrected chi connectivity index (χ3v) is 3.81. The van der Waals surface area contributed by atoms with Gasteiger partial charge in [-0.25, -0.2) is 0 Å². The Balaban J connectivity index is 1.87. The van der Waals surface area contributed by atoms with Gasteiger partial charge in [-0.2, -0.15) is 0 Å². The molecule has 1 heterocycles. The average Bonchev–Trinajstić information content (AvgIpc) is 2.94. The van der Waals surface area contributed by atoms with E-state index >= 15 is 0 Å². The molecule has 82 valence electrons. The lowest BCUT2D eigenvalue weighted by Gasteiger charge is -2.39. The summed E-state index contributed by atoms with van der Waals surface area (Å²) in [5.41, 5.74) is -0.516. The van der Waals surface area contributed by atoms with Crippen LogP contribution in [-0.4, -0.2) is 34.8 Å². The highest BCUT2D eigenvalue weighted by Crippen LogP contribution is 2.37. The Labute approximate surface area is 89.0 Å². The smallest absolute Gasteiger partial charge is 0.249 e. The standard InChI is InChI=1S/C11H16N2O2/c14-9-7-13(8-3-4-8)10(15)11(12-9)5-1-2-6-11/h8H,1-7H2,(H,12,14). The summed E-state index contributed by atoms with van der Waals surface area (Å²) in [7, 11) is 0. The minimum Gasteiger partial charge on any atom is -0.340 e. The third kappa shape index (κ3) is 1.34. The number of nitrogens with one attached hydrogen (secondary N) is 1. The molecule has 1 aliphatic heterocycles. The van der Waals surface area contributed by atoms with Gasteiger partial charge in [0.1, 0.15) is 5.54 Å². The Morgan fingerprint density at radius 1 is 1.20 bits per heavy atom. The molecule has 0 aromatic carbocycles. The first-order valence-corrected chi connectivity index (χ1v) is 5.83. The zero-order valence-electron chi connectivity index (χ0n) is 8.79. The molecule has 1 N–H and O–H groups in total. The Hall–Kier alpha value is -1.06. The van der Waals surface area contributed by atoms with Crippen molar-refractivity contribution < 1.29 is 9.59 Å². The lowest BCUT2D eigenvalue weighted by Crippen LogP contribution is -2.65. The van der Waals surface area contributed by atoms with Crippen LogP contribution >= 0.6 is 0 Å². The molecule has 4 heteroatoms. The lowest BCUT2D eigenvalue weighted by molar-refractivity contribution is -0.150. The number of hydrogen-bond donors (Lipinski definition) is 1. The van der Waals surface area contributed by atoms with Gasteiger partial charge in [-0.1, -0.05) is 12.8 Å². The van der Waals surface area contributed by atoms with Crippen molar-refractivity contribution in [1.29, 1.82) is 0 Å². The summed E-state index contributed by atoms with van der Waals surface area (Å²) in [5, 5.41) is 2.92. The monoisotopic (exact) mass is 208 g/mol. The Bertz CT molecular complexity index is 317. The number of hydrogen-bond acceptors (Lipinski definition) is 2. The third-order valence-electron chi connectivity index (χ3n) is 3.81. The molecule has 3 rings (SSSR count). The van der Waals surface area contributed by atoms with Gasteiger partial charge in [0, 0.05) is 6.04 Å². The van der Waals surface area contributed by atoms with Crippen molar-refractivity contribution in [2.45, 2.75) is 50.1 Å². The molecule has 2 amide bonds. The molecular formula is C11H16N2O2. The average molecular weight is 208 g/mol. The first-order chi connectivity index (χ1) is 7.21. The number of nitrogens with zero attached hydrogens (tertiary/aromatic N) is 1. The van der Waals surface area contributed by atoms with Crippen LogP contribution in [0.1, 0.15) is 38.5 Å². The van der Waals surface area contributed by atoms with Gasteiger partial charge < -0.3 is 10.2 Å². The molecular weight excluding hydrogens is 192 g/mol. The Morgan fingerprint density at radius 3 is 2.47 bits per heavy atom. The fourth-order valence-corrected chi connectivity index (χ4v) is 2.86. The maximum absolute atomic E-state index is 12.3. The van der Waals surface area contributed by atoms with Crippen molar-refractivity contribution in [3.63, 3.8) is 0 Å². The van der Waals surface area contributed by atoms with Crippen LogP contribution in [0.5, 0.6) is 0 Å². The van der Waals surface area contributed by atoms with E-state index in [1.807, 2.05) is 4.90 Å². The summed E-state index contributed by atoms with van der Waals surface area (Å²) in [6.45, 7) is 0.283. The predicted octanol–water partition coefficient (Wildman–Crippen LogP) is 0.420. The van der Waals surface area contributed by atoms with E-state index in [0.29, 0.717) is 6.04 Å². The quantitative estimate of drug-likeness (QED) is 0.679.